The molecule has 1 heterocycles. The Balaban J connectivity index is 2.49. The number of carbonyl (C=O) groups excluding carboxylic acids is 2. The van der Waals surface area contributed by atoms with Crippen LogP contribution in [-0.2, 0) is 16.0 Å². The SMILES string of the molecule is Cc1noc(C)c1CCC(=O)N(C)CC(=O)N(C)C. The minimum absolute atomic E-state index is 0.0600. The van der Waals surface area contributed by atoms with E-state index in [1.165, 1.54) is 9.80 Å². The molecular weight excluding hydrogens is 246 g/mol. The van der Waals surface area contributed by atoms with E-state index in [0.29, 0.717) is 12.8 Å². The van der Waals surface area contributed by atoms with Gasteiger partial charge in [0.05, 0.1) is 12.2 Å². The number of nitrogens with zero attached hydrogens (tertiary/aromatic N) is 3. The number of amides is 2. The van der Waals surface area contributed by atoms with E-state index in [4.69, 9.17) is 4.52 Å². The van der Waals surface area contributed by atoms with Gasteiger partial charge in [-0.1, -0.05) is 5.16 Å². The van der Waals surface area contributed by atoms with E-state index in [1.807, 2.05) is 13.8 Å². The summed E-state index contributed by atoms with van der Waals surface area (Å²) in [4.78, 5) is 26.3. The van der Waals surface area contributed by atoms with E-state index in [2.05, 4.69) is 5.16 Å². The second kappa shape index (κ2) is 6.36. The molecule has 0 N–H and O–H groups in total. The largest absolute Gasteiger partial charge is 0.361 e. The predicted octanol–water partition coefficient (Wildman–Crippen LogP) is 0.771. The van der Waals surface area contributed by atoms with Crippen LogP contribution < -0.4 is 0 Å². The van der Waals surface area contributed by atoms with Gasteiger partial charge >= 0.3 is 0 Å². The maximum absolute atomic E-state index is 11.9. The van der Waals surface area contributed by atoms with E-state index in [9.17, 15) is 9.59 Å². The van der Waals surface area contributed by atoms with Crippen LogP contribution >= 0.6 is 0 Å². The molecule has 0 atom stereocenters. The maximum Gasteiger partial charge on any atom is 0.241 e. The van der Waals surface area contributed by atoms with E-state index in [-0.39, 0.29) is 18.4 Å². The smallest absolute Gasteiger partial charge is 0.241 e. The van der Waals surface area contributed by atoms with Crippen molar-refractivity contribution in [1.29, 1.82) is 0 Å². The highest BCUT2D eigenvalue weighted by molar-refractivity contribution is 5.84. The molecule has 1 aromatic rings. The average Bonchev–Trinajstić information content (AvgIpc) is 2.65. The molecule has 6 nitrogen and oxygen atoms in total. The van der Waals surface area contributed by atoms with Crippen LogP contribution in [0.5, 0.6) is 0 Å². The Morgan fingerprint density at radius 3 is 2.26 bits per heavy atom. The Hall–Kier alpha value is -1.85. The molecule has 19 heavy (non-hydrogen) atoms. The quantitative estimate of drug-likeness (QED) is 0.790. The normalized spacial score (nSPS) is 10.4. The molecule has 2 amide bonds. The minimum atomic E-state index is -0.0896. The van der Waals surface area contributed by atoms with Crippen LogP contribution in [0.2, 0.25) is 0 Å². The summed E-state index contributed by atoms with van der Waals surface area (Å²) in [5, 5.41) is 3.85. The van der Waals surface area contributed by atoms with Gasteiger partial charge in [-0.2, -0.15) is 0 Å². The van der Waals surface area contributed by atoms with Crippen molar-refractivity contribution in [3.05, 3.63) is 17.0 Å². The molecule has 1 rings (SSSR count). The molecule has 0 aliphatic heterocycles. The van der Waals surface area contributed by atoms with Gasteiger partial charge in [-0.05, 0) is 20.3 Å². The highest BCUT2D eigenvalue weighted by Gasteiger charge is 2.16. The first-order valence-corrected chi connectivity index (χ1v) is 6.18. The first kappa shape index (κ1) is 15.2. The average molecular weight is 267 g/mol. The number of likely N-dealkylation sites (N-methyl/N-ethyl adjacent to an activating group) is 2. The molecule has 0 saturated heterocycles. The molecule has 1 aromatic heterocycles. The van der Waals surface area contributed by atoms with Gasteiger partial charge in [0.2, 0.25) is 11.8 Å². The van der Waals surface area contributed by atoms with Crippen molar-refractivity contribution >= 4 is 11.8 Å². The third kappa shape index (κ3) is 4.08. The van der Waals surface area contributed by atoms with Crippen LogP contribution in [0.4, 0.5) is 0 Å². The molecular formula is C13H21N3O3. The van der Waals surface area contributed by atoms with Gasteiger partial charge in [0.15, 0.2) is 0 Å². The van der Waals surface area contributed by atoms with Crippen LogP contribution in [0, 0.1) is 13.8 Å². The third-order valence-corrected chi connectivity index (χ3v) is 3.07. The third-order valence-electron chi connectivity index (χ3n) is 3.07. The zero-order valence-electron chi connectivity index (χ0n) is 12.2. The number of aromatic nitrogens is 1. The van der Waals surface area contributed by atoms with Gasteiger partial charge in [0, 0.05) is 33.1 Å². The molecule has 0 radical (unpaired) electrons. The monoisotopic (exact) mass is 267 g/mol. The second-order valence-corrected chi connectivity index (χ2v) is 4.84. The number of rotatable bonds is 5. The summed E-state index contributed by atoms with van der Waals surface area (Å²) < 4.78 is 5.05. The Morgan fingerprint density at radius 1 is 1.16 bits per heavy atom. The Labute approximate surface area is 113 Å². The molecule has 0 aliphatic carbocycles. The Bertz CT molecular complexity index is 446. The van der Waals surface area contributed by atoms with Gasteiger partial charge in [-0.3, -0.25) is 9.59 Å². The first-order chi connectivity index (χ1) is 8.82. The fourth-order valence-electron chi connectivity index (χ4n) is 1.71. The van der Waals surface area contributed by atoms with E-state index in [1.54, 1.807) is 21.1 Å². The van der Waals surface area contributed by atoms with E-state index in [0.717, 1.165) is 17.0 Å². The lowest BCUT2D eigenvalue weighted by molar-refractivity contribution is -0.137. The molecule has 0 bridgehead atoms. The van der Waals surface area contributed by atoms with Crippen molar-refractivity contribution in [2.45, 2.75) is 26.7 Å². The first-order valence-electron chi connectivity index (χ1n) is 6.18. The maximum atomic E-state index is 11.9. The van der Waals surface area contributed by atoms with E-state index >= 15 is 0 Å². The van der Waals surface area contributed by atoms with Crippen LogP contribution in [0.3, 0.4) is 0 Å². The number of aryl methyl sites for hydroxylation is 2. The van der Waals surface area contributed by atoms with Crippen LogP contribution in [0.1, 0.15) is 23.4 Å². The zero-order valence-corrected chi connectivity index (χ0v) is 12.2. The van der Waals surface area contributed by atoms with Crippen molar-refractivity contribution in [2.75, 3.05) is 27.7 Å². The summed E-state index contributed by atoms with van der Waals surface area (Å²) in [6.45, 7) is 3.79. The molecule has 0 aliphatic rings. The highest BCUT2D eigenvalue weighted by atomic mass is 16.5. The highest BCUT2D eigenvalue weighted by Crippen LogP contribution is 2.14. The molecule has 6 heteroatoms. The van der Waals surface area contributed by atoms with Gasteiger partial charge in [0.1, 0.15) is 5.76 Å². The lowest BCUT2D eigenvalue weighted by Gasteiger charge is -2.19. The van der Waals surface area contributed by atoms with Gasteiger partial charge in [-0.15, -0.1) is 0 Å². The summed E-state index contributed by atoms with van der Waals surface area (Å²) in [7, 11) is 4.98. The summed E-state index contributed by atoms with van der Waals surface area (Å²) in [5.41, 5.74) is 1.79. The molecule has 0 spiro atoms. The zero-order chi connectivity index (χ0) is 14.6. The number of carbonyl (C=O) groups is 2. The van der Waals surface area contributed by atoms with E-state index < -0.39 is 0 Å². The summed E-state index contributed by atoms with van der Waals surface area (Å²) >= 11 is 0. The van der Waals surface area contributed by atoms with Crippen molar-refractivity contribution in [2.24, 2.45) is 0 Å². The van der Waals surface area contributed by atoms with Crippen LogP contribution in [0.15, 0.2) is 4.52 Å². The fraction of sp³-hybridized carbons (Fsp3) is 0.615. The van der Waals surface area contributed by atoms with Crippen LogP contribution in [0.25, 0.3) is 0 Å². The van der Waals surface area contributed by atoms with Crippen LogP contribution in [-0.4, -0.2) is 54.5 Å². The molecule has 0 fully saturated rings. The lowest BCUT2D eigenvalue weighted by atomic mass is 10.1. The van der Waals surface area contributed by atoms with Gasteiger partial charge in [0.25, 0.3) is 0 Å². The van der Waals surface area contributed by atoms with Crippen molar-refractivity contribution in [1.82, 2.24) is 15.0 Å². The van der Waals surface area contributed by atoms with Crippen molar-refractivity contribution in [3.63, 3.8) is 0 Å². The Kier molecular flexibility index (Phi) is 5.09. The van der Waals surface area contributed by atoms with Gasteiger partial charge in [-0.25, -0.2) is 0 Å². The molecule has 0 unspecified atom stereocenters. The molecule has 0 saturated carbocycles. The summed E-state index contributed by atoms with van der Waals surface area (Å²) in [6.07, 6.45) is 0.931. The number of hydrogen-bond donors (Lipinski definition) is 0. The fourth-order valence-corrected chi connectivity index (χ4v) is 1.71. The summed E-state index contributed by atoms with van der Waals surface area (Å²) in [5.74, 6) is 0.598. The van der Waals surface area contributed by atoms with Gasteiger partial charge < -0.3 is 14.3 Å². The summed E-state index contributed by atoms with van der Waals surface area (Å²) in [6, 6.07) is 0. The molecule has 106 valence electrons. The topological polar surface area (TPSA) is 66.7 Å². The minimum Gasteiger partial charge on any atom is -0.361 e. The lowest BCUT2D eigenvalue weighted by Crippen LogP contribution is -2.37. The standard InChI is InChI=1S/C13H21N3O3/c1-9-11(10(2)19-14-9)6-7-12(17)16(5)8-13(18)15(3)4/h6-8H2,1-5H3. The number of hydrogen-bond acceptors (Lipinski definition) is 4. The van der Waals surface area contributed by atoms with Crippen molar-refractivity contribution in [3.8, 4) is 0 Å². The van der Waals surface area contributed by atoms with Crippen molar-refractivity contribution < 1.29 is 14.1 Å². The molecule has 0 aromatic carbocycles. The Morgan fingerprint density at radius 2 is 1.79 bits per heavy atom. The predicted molar refractivity (Wildman–Crippen MR) is 70.6 cm³/mol. The second-order valence-electron chi connectivity index (χ2n) is 4.84.